The van der Waals surface area contributed by atoms with Crippen molar-refractivity contribution in [1.29, 1.82) is 0 Å². The maximum absolute atomic E-state index is 11.5. The van der Waals surface area contributed by atoms with Crippen LogP contribution in [0.1, 0.15) is 27.0 Å². The first-order chi connectivity index (χ1) is 6.56. The summed E-state index contributed by atoms with van der Waals surface area (Å²) in [5.74, 6) is -1.31. The number of hydrogen-bond donors (Lipinski definition) is 0. The molecule has 0 amide bonds. The first-order valence-corrected chi connectivity index (χ1v) is 5.16. The highest BCUT2D eigenvalue weighted by molar-refractivity contribution is 7.15. The van der Waals surface area contributed by atoms with Crippen LogP contribution in [-0.2, 0) is 9.53 Å². The van der Waals surface area contributed by atoms with Crippen LogP contribution in [0.4, 0.5) is 0 Å². The summed E-state index contributed by atoms with van der Waals surface area (Å²) in [6.07, 6.45) is 0. The second-order valence-corrected chi connectivity index (χ2v) is 4.18. The van der Waals surface area contributed by atoms with Gasteiger partial charge in [0.1, 0.15) is 0 Å². The summed E-state index contributed by atoms with van der Waals surface area (Å²) in [5, 5.41) is 0. The molecule has 1 aromatic heterocycles. The first-order valence-electron chi connectivity index (χ1n) is 4.34. The van der Waals surface area contributed by atoms with Gasteiger partial charge < -0.3 is 4.74 Å². The van der Waals surface area contributed by atoms with Crippen molar-refractivity contribution >= 4 is 23.1 Å². The van der Waals surface area contributed by atoms with E-state index in [-0.39, 0.29) is 6.61 Å². The Bertz CT molecular complexity index is 365. The third-order valence-electron chi connectivity index (χ3n) is 1.71. The number of Topliss-reactive ketones (excluding diaryl/α,β-unsaturated/α-hetero) is 1. The Labute approximate surface area is 86.7 Å². The molecule has 0 bridgehead atoms. The fraction of sp³-hybridized carbons (Fsp3) is 0.400. The van der Waals surface area contributed by atoms with E-state index >= 15 is 0 Å². The Morgan fingerprint density at radius 1 is 1.43 bits per heavy atom. The summed E-state index contributed by atoms with van der Waals surface area (Å²) in [6.45, 7) is 5.63. The van der Waals surface area contributed by atoms with Crippen LogP contribution in [0.25, 0.3) is 0 Å². The van der Waals surface area contributed by atoms with Gasteiger partial charge in [-0.1, -0.05) is 0 Å². The van der Waals surface area contributed by atoms with E-state index in [0.717, 1.165) is 10.4 Å². The SMILES string of the molecule is CCOC(=O)C(=O)c1sc(C)cc1C. The lowest BCUT2D eigenvalue weighted by Crippen LogP contribution is -2.16. The molecule has 3 nitrogen and oxygen atoms in total. The number of carbonyl (C=O) groups is 2. The summed E-state index contributed by atoms with van der Waals surface area (Å²) in [4.78, 5) is 24.2. The Morgan fingerprint density at radius 2 is 2.07 bits per heavy atom. The molecule has 0 aromatic carbocycles. The molecular weight excluding hydrogens is 200 g/mol. The predicted octanol–water partition coefficient (Wildman–Crippen LogP) is 2.11. The second kappa shape index (κ2) is 4.37. The van der Waals surface area contributed by atoms with E-state index in [2.05, 4.69) is 4.74 Å². The van der Waals surface area contributed by atoms with Crippen molar-refractivity contribution in [2.75, 3.05) is 6.61 Å². The smallest absolute Gasteiger partial charge is 0.380 e. The number of aryl methyl sites for hydroxylation is 2. The molecule has 1 rings (SSSR count). The summed E-state index contributed by atoms with van der Waals surface area (Å²) in [6, 6.07) is 1.89. The summed E-state index contributed by atoms with van der Waals surface area (Å²) in [7, 11) is 0. The predicted molar refractivity (Wildman–Crippen MR) is 54.8 cm³/mol. The molecular formula is C10H12O3S. The highest BCUT2D eigenvalue weighted by Crippen LogP contribution is 2.21. The van der Waals surface area contributed by atoms with Gasteiger partial charge in [0, 0.05) is 4.88 Å². The van der Waals surface area contributed by atoms with E-state index in [1.165, 1.54) is 11.3 Å². The van der Waals surface area contributed by atoms with Gasteiger partial charge in [-0.3, -0.25) is 4.79 Å². The normalized spacial score (nSPS) is 9.93. The maximum atomic E-state index is 11.5. The van der Waals surface area contributed by atoms with Gasteiger partial charge in [0.25, 0.3) is 5.78 Å². The summed E-state index contributed by atoms with van der Waals surface area (Å²) in [5.41, 5.74) is 0.838. The Morgan fingerprint density at radius 3 is 2.50 bits per heavy atom. The minimum Gasteiger partial charge on any atom is -0.460 e. The van der Waals surface area contributed by atoms with Gasteiger partial charge in [-0.2, -0.15) is 0 Å². The van der Waals surface area contributed by atoms with Crippen LogP contribution in [0, 0.1) is 13.8 Å². The molecule has 1 aromatic rings. The Balaban J connectivity index is 2.89. The zero-order chi connectivity index (χ0) is 10.7. The van der Waals surface area contributed by atoms with Gasteiger partial charge in [0.2, 0.25) is 0 Å². The minimum absolute atomic E-state index is 0.230. The van der Waals surface area contributed by atoms with Gasteiger partial charge in [-0.25, -0.2) is 4.79 Å². The van der Waals surface area contributed by atoms with Crippen molar-refractivity contribution in [3.63, 3.8) is 0 Å². The van der Waals surface area contributed by atoms with Gasteiger partial charge in [-0.05, 0) is 32.4 Å². The minimum atomic E-state index is -0.766. The number of thiophene rings is 1. The van der Waals surface area contributed by atoms with Crippen molar-refractivity contribution in [1.82, 2.24) is 0 Å². The van der Waals surface area contributed by atoms with E-state index in [4.69, 9.17) is 0 Å². The molecule has 76 valence electrons. The van der Waals surface area contributed by atoms with Crippen LogP contribution in [0.5, 0.6) is 0 Å². The standard InChI is InChI=1S/C10H12O3S/c1-4-13-10(12)8(11)9-6(2)5-7(3)14-9/h5H,4H2,1-3H3. The third-order valence-corrected chi connectivity index (χ3v) is 2.86. The molecule has 0 aliphatic carbocycles. The summed E-state index contributed by atoms with van der Waals surface area (Å²) < 4.78 is 4.64. The average molecular weight is 212 g/mol. The van der Waals surface area contributed by atoms with Crippen LogP contribution in [0.2, 0.25) is 0 Å². The molecule has 0 aliphatic rings. The zero-order valence-corrected chi connectivity index (χ0v) is 9.23. The van der Waals surface area contributed by atoms with E-state index in [0.29, 0.717) is 4.88 Å². The lowest BCUT2D eigenvalue weighted by molar-refractivity contribution is -0.137. The third kappa shape index (κ3) is 2.20. The quantitative estimate of drug-likeness (QED) is 0.438. The summed E-state index contributed by atoms with van der Waals surface area (Å²) >= 11 is 1.33. The molecule has 1 heterocycles. The number of ether oxygens (including phenoxy) is 1. The lowest BCUT2D eigenvalue weighted by Gasteiger charge is -1.98. The van der Waals surface area contributed by atoms with Crippen molar-refractivity contribution in [3.8, 4) is 0 Å². The van der Waals surface area contributed by atoms with Crippen molar-refractivity contribution in [3.05, 3.63) is 21.4 Å². The molecule has 0 atom stereocenters. The molecule has 0 saturated carbocycles. The van der Waals surface area contributed by atoms with Crippen LogP contribution in [-0.4, -0.2) is 18.4 Å². The van der Waals surface area contributed by atoms with Gasteiger partial charge in [-0.15, -0.1) is 11.3 Å². The topological polar surface area (TPSA) is 43.4 Å². The van der Waals surface area contributed by atoms with Crippen LogP contribution >= 0.6 is 11.3 Å². The largest absolute Gasteiger partial charge is 0.460 e. The van der Waals surface area contributed by atoms with Crippen molar-refractivity contribution in [2.24, 2.45) is 0 Å². The molecule has 14 heavy (non-hydrogen) atoms. The van der Waals surface area contributed by atoms with Crippen LogP contribution < -0.4 is 0 Å². The molecule has 4 heteroatoms. The monoisotopic (exact) mass is 212 g/mol. The number of esters is 1. The molecule has 0 spiro atoms. The fourth-order valence-electron chi connectivity index (χ4n) is 1.16. The zero-order valence-electron chi connectivity index (χ0n) is 8.42. The van der Waals surface area contributed by atoms with Crippen LogP contribution in [0.15, 0.2) is 6.07 Å². The van der Waals surface area contributed by atoms with Crippen molar-refractivity contribution < 1.29 is 14.3 Å². The fourth-order valence-corrected chi connectivity index (χ4v) is 2.11. The lowest BCUT2D eigenvalue weighted by atomic mass is 10.2. The van der Waals surface area contributed by atoms with E-state index < -0.39 is 11.8 Å². The Hall–Kier alpha value is -1.16. The van der Waals surface area contributed by atoms with E-state index in [1.54, 1.807) is 6.92 Å². The maximum Gasteiger partial charge on any atom is 0.380 e. The highest BCUT2D eigenvalue weighted by atomic mass is 32.1. The highest BCUT2D eigenvalue weighted by Gasteiger charge is 2.21. The molecule has 0 radical (unpaired) electrons. The number of hydrogen-bond acceptors (Lipinski definition) is 4. The van der Waals surface area contributed by atoms with Gasteiger partial charge in [0.15, 0.2) is 0 Å². The van der Waals surface area contributed by atoms with Gasteiger partial charge >= 0.3 is 5.97 Å². The van der Waals surface area contributed by atoms with Gasteiger partial charge in [0.05, 0.1) is 11.5 Å². The van der Waals surface area contributed by atoms with E-state index in [9.17, 15) is 9.59 Å². The van der Waals surface area contributed by atoms with E-state index in [1.807, 2.05) is 19.9 Å². The number of carbonyl (C=O) groups excluding carboxylic acids is 2. The second-order valence-electron chi connectivity index (χ2n) is 2.92. The first kappa shape index (κ1) is 10.9. The molecule has 0 N–H and O–H groups in total. The number of rotatable bonds is 3. The van der Waals surface area contributed by atoms with Crippen molar-refractivity contribution in [2.45, 2.75) is 20.8 Å². The molecule has 0 fully saturated rings. The Kier molecular flexibility index (Phi) is 3.41. The number of ketones is 1. The molecule has 0 saturated heterocycles. The molecule has 0 unspecified atom stereocenters. The average Bonchev–Trinajstić information content (AvgIpc) is 2.44. The molecule has 0 aliphatic heterocycles. The van der Waals surface area contributed by atoms with Crippen LogP contribution in [0.3, 0.4) is 0 Å².